The summed E-state index contributed by atoms with van der Waals surface area (Å²) in [7, 11) is 0. The minimum Gasteiger partial charge on any atom is -0.340 e. The maximum Gasteiger partial charge on any atom is 0.223 e. The average molecular weight is 289 g/mol. The standard InChI is InChI=1S/C17H27N3O/c1-2-13-20(16-6-4-15(18)5-7-16)17(21)8-3-14-9-11-19-12-10-14/h9-12,15-16H,2-8,13,18H2,1H3. The molecule has 2 N–H and O–H groups in total. The fourth-order valence-electron chi connectivity index (χ4n) is 3.11. The molecule has 4 heteroatoms. The molecule has 1 amide bonds. The highest BCUT2D eigenvalue weighted by Gasteiger charge is 2.26. The predicted molar refractivity (Wildman–Crippen MR) is 84.8 cm³/mol. The summed E-state index contributed by atoms with van der Waals surface area (Å²) in [5.74, 6) is 0.286. The van der Waals surface area contributed by atoms with Crippen molar-refractivity contribution in [2.45, 2.75) is 64.0 Å². The monoisotopic (exact) mass is 289 g/mol. The molecule has 1 aliphatic rings. The Labute approximate surface area is 127 Å². The molecule has 1 aliphatic carbocycles. The van der Waals surface area contributed by atoms with E-state index in [0.29, 0.717) is 18.5 Å². The fourth-order valence-corrected chi connectivity index (χ4v) is 3.11. The van der Waals surface area contributed by atoms with Gasteiger partial charge in [0.25, 0.3) is 0 Å². The highest BCUT2D eigenvalue weighted by molar-refractivity contribution is 5.76. The average Bonchev–Trinajstić information content (AvgIpc) is 2.52. The maximum atomic E-state index is 12.6. The van der Waals surface area contributed by atoms with E-state index in [2.05, 4.69) is 16.8 Å². The second kappa shape index (κ2) is 8.13. The summed E-state index contributed by atoms with van der Waals surface area (Å²) in [6, 6.07) is 4.69. The third-order valence-electron chi connectivity index (χ3n) is 4.34. The van der Waals surface area contributed by atoms with E-state index in [9.17, 15) is 4.79 Å². The lowest BCUT2D eigenvalue weighted by atomic mass is 9.90. The predicted octanol–water partition coefficient (Wildman–Crippen LogP) is 2.52. The van der Waals surface area contributed by atoms with Gasteiger partial charge in [-0.3, -0.25) is 9.78 Å². The van der Waals surface area contributed by atoms with E-state index in [0.717, 1.165) is 45.1 Å². The first-order valence-electron chi connectivity index (χ1n) is 8.14. The smallest absolute Gasteiger partial charge is 0.223 e. The van der Waals surface area contributed by atoms with Crippen LogP contribution in [0.1, 0.15) is 51.0 Å². The van der Waals surface area contributed by atoms with Gasteiger partial charge >= 0.3 is 0 Å². The normalized spacial score (nSPS) is 22.0. The lowest BCUT2D eigenvalue weighted by molar-refractivity contribution is -0.134. The first-order chi connectivity index (χ1) is 10.2. The number of carbonyl (C=O) groups excluding carboxylic acids is 1. The number of aryl methyl sites for hydroxylation is 1. The molecular weight excluding hydrogens is 262 g/mol. The van der Waals surface area contributed by atoms with Gasteiger partial charge in [0.2, 0.25) is 5.91 Å². The van der Waals surface area contributed by atoms with Gasteiger partial charge in [0.15, 0.2) is 0 Å². The molecule has 0 bridgehead atoms. The summed E-state index contributed by atoms with van der Waals surface area (Å²) < 4.78 is 0. The second-order valence-corrected chi connectivity index (χ2v) is 6.01. The van der Waals surface area contributed by atoms with E-state index in [1.165, 1.54) is 5.56 Å². The molecule has 1 fully saturated rings. The molecule has 21 heavy (non-hydrogen) atoms. The van der Waals surface area contributed by atoms with Gasteiger partial charge in [-0.05, 0) is 56.2 Å². The number of amides is 1. The Bertz CT molecular complexity index is 427. The molecule has 4 nitrogen and oxygen atoms in total. The number of pyridine rings is 1. The number of aromatic nitrogens is 1. The Kier molecular flexibility index (Phi) is 6.18. The van der Waals surface area contributed by atoms with Crippen LogP contribution in [0, 0.1) is 0 Å². The molecular formula is C17H27N3O. The van der Waals surface area contributed by atoms with Gasteiger partial charge in [-0.15, -0.1) is 0 Å². The van der Waals surface area contributed by atoms with E-state index < -0.39 is 0 Å². The number of rotatable bonds is 6. The van der Waals surface area contributed by atoms with Crippen LogP contribution in [0.5, 0.6) is 0 Å². The molecule has 116 valence electrons. The molecule has 0 unspecified atom stereocenters. The van der Waals surface area contributed by atoms with Gasteiger partial charge in [0.05, 0.1) is 0 Å². The molecule has 1 aromatic rings. The first-order valence-corrected chi connectivity index (χ1v) is 8.14. The summed E-state index contributed by atoms with van der Waals surface area (Å²) in [5.41, 5.74) is 7.15. The van der Waals surface area contributed by atoms with Gasteiger partial charge < -0.3 is 10.6 Å². The number of hydrogen-bond donors (Lipinski definition) is 1. The summed E-state index contributed by atoms with van der Waals surface area (Å²) in [6.07, 6.45) is 10.2. The Balaban J connectivity index is 1.89. The Hall–Kier alpha value is -1.42. The lowest BCUT2D eigenvalue weighted by Crippen LogP contribution is -2.44. The molecule has 0 spiro atoms. The van der Waals surface area contributed by atoms with Gasteiger partial charge in [-0.25, -0.2) is 0 Å². The highest BCUT2D eigenvalue weighted by atomic mass is 16.2. The van der Waals surface area contributed by atoms with E-state index in [1.807, 2.05) is 12.1 Å². The van der Waals surface area contributed by atoms with Gasteiger partial charge in [0.1, 0.15) is 0 Å². The van der Waals surface area contributed by atoms with Crippen molar-refractivity contribution in [2.24, 2.45) is 5.73 Å². The maximum absolute atomic E-state index is 12.6. The van der Waals surface area contributed by atoms with Crippen molar-refractivity contribution < 1.29 is 4.79 Å². The van der Waals surface area contributed by atoms with E-state index >= 15 is 0 Å². The number of nitrogens with zero attached hydrogens (tertiary/aromatic N) is 2. The largest absolute Gasteiger partial charge is 0.340 e. The van der Waals surface area contributed by atoms with Gasteiger partial charge in [-0.1, -0.05) is 6.92 Å². The van der Waals surface area contributed by atoms with Crippen molar-refractivity contribution in [3.8, 4) is 0 Å². The summed E-state index contributed by atoms with van der Waals surface area (Å²) >= 11 is 0. The van der Waals surface area contributed by atoms with Crippen LogP contribution in [0.15, 0.2) is 24.5 Å². The molecule has 1 aromatic heterocycles. The Morgan fingerprint density at radius 3 is 2.57 bits per heavy atom. The molecule has 1 heterocycles. The van der Waals surface area contributed by atoms with Crippen molar-refractivity contribution in [3.05, 3.63) is 30.1 Å². The molecule has 0 radical (unpaired) electrons. The summed E-state index contributed by atoms with van der Waals surface area (Å²) in [4.78, 5) is 18.7. The topological polar surface area (TPSA) is 59.2 Å². The quantitative estimate of drug-likeness (QED) is 0.875. The molecule has 0 aromatic carbocycles. The van der Waals surface area contributed by atoms with E-state index in [4.69, 9.17) is 5.73 Å². The highest BCUT2D eigenvalue weighted by Crippen LogP contribution is 2.23. The van der Waals surface area contributed by atoms with Crippen molar-refractivity contribution >= 4 is 5.91 Å². The lowest BCUT2D eigenvalue weighted by Gasteiger charge is -2.36. The summed E-state index contributed by atoms with van der Waals surface area (Å²) in [6.45, 7) is 3.01. The molecule has 0 atom stereocenters. The van der Waals surface area contributed by atoms with Crippen molar-refractivity contribution in [1.82, 2.24) is 9.88 Å². The third kappa shape index (κ3) is 4.81. The van der Waals surface area contributed by atoms with Gasteiger partial charge in [0, 0.05) is 37.4 Å². The van der Waals surface area contributed by atoms with Crippen LogP contribution in [-0.2, 0) is 11.2 Å². The SMILES string of the molecule is CCCN(C(=O)CCc1ccncc1)C1CCC(N)CC1. The number of carbonyl (C=O) groups is 1. The van der Waals surface area contributed by atoms with Crippen molar-refractivity contribution in [2.75, 3.05) is 6.54 Å². The van der Waals surface area contributed by atoms with Crippen LogP contribution in [0.25, 0.3) is 0 Å². The molecule has 2 rings (SSSR count). The van der Waals surface area contributed by atoms with Crippen LogP contribution in [0.3, 0.4) is 0 Å². The zero-order chi connectivity index (χ0) is 15.1. The minimum atomic E-state index is 0.286. The van der Waals surface area contributed by atoms with Crippen LogP contribution < -0.4 is 5.73 Å². The number of hydrogen-bond acceptors (Lipinski definition) is 3. The van der Waals surface area contributed by atoms with E-state index in [1.54, 1.807) is 12.4 Å². The third-order valence-corrected chi connectivity index (χ3v) is 4.34. The minimum absolute atomic E-state index is 0.286. The van der Waals surface area contributed by atoms with Gasteiger partial charge in [-0.2, -0.15) is 0 Å². The van der Waals surface area contributed by atoms with Crippen LogP contribution >= 0.6 is 0 Å². The Morgan fingerprint density at radius 1 is 1.29 bits per heavy atom. The van der Waals surface area contributed by atoms with Crippen LogP contribution in [0.4, 0.5) is 0 Å². The zero-order valence-corrected chi connectivity index (χ0v) is 13.0. The second-order valence-electron chi connectivity index (χ2n) is 6.01. The fraction of sp³-hybridized carbons (Fsp3) is 0.647. The molecule has 1 saturated carbocycles. The van der Waals surface area contributed by atoms with Crippen LogP contribution in [-0.4, -0.2) is 34.4 Å². The molecule has 0 aliphatic heterocycles. The Morgan fingerprint density at radius 2 is 1.95 bits per heavy atom. The molecule has 0 saturated heterocycles. The summed E-state index contributed by atoms with van der Waals surface area (Å²) in [5, 5.41) is 0. The van der Waals surface area contributed by atoms with Crippen molar-refractivity contribution in [1.29, 1.82) is 0 Å². The first kappa shape index (κ1) is 16.0. The number of nitrogens with two attached hydrogens (primary N) is 1. The zero-order valence-electron chi connectivity index (χ0n) is 13.0. The van der Waals surface area contributed by atoms with E-state index in [-0.39, 0.29) is 5.91 Å². The van der Waals surface area contributed by atoms with Crippen LogP contribution in [0.2, 0.25) is 0 Å². The van der Waals surface area contributed by atoms with Crippen molar-refractivity contribution in [3.63, 3.8) is 0 Å².